The Morgan fingerprint density at radius 1 is 0.933 bits per heavy atom. The summed E-state index contributed by atoms with van der Waals surface area (Å²) in [5, 5.41) is 1.11. The molecular formula is C12H18O2S. The molecule has 15 heavy (non-hydrogen) atoms. The summed E-state index contributed by atoms with van der Waals surface area (Å²) in [5.41, 5.74) is 0. The molecule has 4 saturated carbocycles. The molecule has 0 aromatic heterocycles. The van der Waals surface area contributed by atoms with E-state index in [4.69, 9.17) is 0 Å². The topological polar surface area (TPSA) is 34.1 Å². The molecular weight excluding hydrogens is 208 g/mol. The SMILES string of the molecule is C=CS(=O)(=O)C1C2CC3CC(C2)CC1C3. The van der Waals surface area contributed by atoms with Crippen molar-refractivity contribution >= 4 is 9.84 Å². The van der Waals surface area contributed by atoms with Gasteiger partial charge >= 0.3 is 0 Å². The maximum absolute atomic E-state index is 12.0. The van der Waals surface area contributed by atoms with E-state index < -0.39 is 9.84 Å². The van der Waals surface area contributed by atoms with Crippen LogP contribution < -0.4 is 0 Å². The summed E-state index contributed by atoms with van der Waals surface area (Å²) in [4.78, 5) is 0. The molecule has 2 nitrogen and oxygen atoms in total. The number of hydrogen-bond acceptors (Lipinski definition) is 2. The van der Waals surface area contributed by atoms with Crippen LogP contribution in [0, 0.1) is 23.7 Å². The van der Waals surface area contributed by atoms with Gasteiger partial charge in [-0.15, -0.1) is 0 Å². The van der Waals surface area contributed by atoms with Gasteiger partial charge in [-0.1, -0.05) is 6.58 Å². The third-order valence-corrected chi connectivity index (χ3v) is 6.75. The van der Waals surface area contributed by atoms with Crippen molar-refractivity contribution in [1.29, 1.82) is 0 Å². The van der Waals surface area contributed by atoms with Crippen molar-refractivity contribution in [3.05, 3.63) is 12.0 Å². The lowest BCUT2D eigenvalue weighted by molar-refractivity contribution is 0.0241. The lowest BCUT2D eigenvalue weighted by atomic mass is 9.56. The van der Waals surface area contributed by atoms with Crippen molar-refractivity contribution in [3.63, 3.8) is 0 Å². The summed E-state index contributed by atoms with van der Waals surface area (Å²) < 4.78 is 23.9. The third-order valence-electron chi connectivity index (χ3n) is 4.75. The van der Waals surface area contributed by atoms with Crippen LogP contribution in [0.5, 0.6) is 0 Å². The molecule has 0 heterocycles. The minimum absolute atomic E-state index is 0.0807. The number of sulfone groups is 1. The summed E-state index contributed by atoms with van der Waals surface area (Å²) in [6, 6.07) is 0. The van der Waals surface area contributed by atoms with E-state index in [1.165, 1.54) is 11.8 Å². The first-order valence-electron chi connectivity index (χ1n) is 5.96. The second-order valence-electron chi connectivity index (χ2n) is 5.65. The van der Waals surface area contributed by atoms with Gasteiger partial charge in [0.05, 0.1) is 5.25 Å². The maximum Gasteiger partial charge on any atom is 0.174 e. The highest BCUT2D eigenvalue weighted by Crippen LogP contribution is 2.55. The van der Waals surface area contributed by atoms with E-state index in [1.807, 2.05) is 0 Å². The van der Waals surface area contributed by atoms with E-state index in [9.17, 15) is 8.42 Å². The van der Waals surface area contributed by atoms with Gasteiger partial charge in [-0.25, -0.2) is 8.42 Å². The Kier molecular flexibility index (Phi) is 2.04. The summed E-state index contributed by atoms with van der Waals surface area (Å²) in [7, 11) is -3.02. The summed E-state index contributed by atoms with van der Waals surface area (Å²) >= 11 is 0. The van der Waals surface area contributed by atoms with E-state index in [1.54, 1.807) is 0 Å². The zero-order valence-corrected chi connectivity index (χ0v) is 9.75. The average molecular weight is 226 g/mol. The molecule has 0 N–H and O–H groups in total. The molecule has 0 saturated heterocycles. The average Bonchev–Trinajstić information content (AvgIpc) is 2.15. The van der Waals surface area contributed by atoms with E-state index in [-0.39, 0.29) is 5.25 Å². The molecule has 4 rings (SSSR count). The van der Waals surface area contributed by atoms with Crippen molar-refractivity contribution in [2.45, 2.75) is 37.4 Å². The Labute approximate surface area is 91.7 Å². The highest BCUT2D eigenvalue weighted by Gasteiger charge is 2.52. The molecule has 4 aliphatic carbocycles. The van der Waals surface area contributed by atoms with Crippen molar-refractivity contribution in [3.8, 4) is 0 Å². The number of rotatable bonds is 2. The van der Waals surface area contributed by atoms with Gasteiger partial charge in [0.1, 0.15) is 0 Å². The normalized spacial score (nSPS) is 48.1. The van der Waals surface area contributed by atoms with Crippen molar-refractivity contribution < 1.29 is 8.42 Å². The van der Waals surface area contributed by atoms with E-state index in [2.05, 4.69) is 6.58 Å². The summed E-state index contributed by atoms with van der Waals surface area (Å²) in [6.07, 6.45) is 6.00. The van der Waals surface area contributed by atoms with Gasteiger partial charge in [-0.05, 0) is 55.8 Å². The highest BCUT2D eigenvalue weighted by atomic mass is 32.2. The van der Waals surface area contributed by atoms with Crippen molar-refractivity contribution in [2.75, 3.05) is 0 Å². The fourth-order valence-corrected chi connectivity index (χ4v) is 6.26. The molecule has 4 aliphatic rings. The first kappa shape index (κ1) is 9.88. The van der Waals surface area contributed by atoms with Crippen LogP contribution in [0.1, 0.15) is 32.1 Å². The first-order valence-corrected chi connectivity index (χ1v) is 7.57. The Bertz CT molecular complexity index is 354. The molecule has 0 amide bonds. The van der Waals surface area contributed by atoms with Gasteiger partial charge in [-0.3, -0.25) is 0 Å². The van der Waals surface area contributed by atoms with Crippen LogP contribution in [0.3, 0.4) is 0 Å². The van der Waals surface area contributed by atoms with E-state index >= 15 is 0 Å². The molecule has 0 unspecified atom stereocenters. The molecule has 0 aliphatic heterocycles. The lowest BCUT2D eigenvalue weighted by Gasteiger charge is -2.53. The minimum Gasteiger partial charge on any atom is -0.224 e. The zero-order chi connectivity index (χ0) is 10.6. The first-order chi connectivity index (χ1) is 7.10. The monoisotopic (exact) mass is 226 g/mol. The minimum atomic E-state index is -3.02. The Balaban J connectivity index is 1.96. The van der Waals surface area contributed by atoms with Crippen LogP contribution in [0.15, 0.2) is 12.0 Å². The van der Waals surface area contributed by atoms with Gasteiger partial charge in [0.2, 0.25) is 0 Å². The van der Waals surface area contributed by atoms with Gasteiger partial charge < -0.3 is 0 Å². The Hall–Kier alpha value is -0.310. The van der Waals surface area contributed by atoms with Crippen LogP contribution in [-0.4, -0.2) is 13.7 Å². The Morgan fingerprint density at radius 3 is 1.80 bits per heavy atom. The van der Waals surface area contributed by atoms with E-state index in [0.717, 1.165) is 37.5 Å². The summed E-state index contributed by atoms with van der Waals surface area (Å²) in [5.74, 6) is 2.57. The predicted octanol–water partition coefficient (Wildman–Crippen LogP) is 2.37. The Morgan fingerprint density at radius 2 is 1.40 bits per heavy atom. The fraction of sp³-hybridized carbons (Fsp3) is 0.833. The smallest absolute Gasteiger partial charge is 0.174 e. The highest BCUT2D eigenvalue weighted by molar-refractivity contribution is 7.94. The second kappa shape index (κ2) is 3.09. The molecule has 0 atom stereocenters. The van der Waals surface area contributed by atoms with Crippen molar-refractivity contribution in [2.24, 2.45) is 23.7 Å². The van der Waals surface area contributed by atoms with Crippen LogP contribution in [0.25, 0.3) is 0 Å². The van der Waals surface area contributed by atoms with E-state index in [0.29, 0.717) is 11.8 Å². The largest absolute Gasteiger partial charge is 0.224 e. The fourth-order valence-electron chi connectivity index (χ4n) is 4.52. The molecule has 0 aromatic carbocycles. The van der Waals surface area contributed by atoms with Crippen LogP contribution in [-0.2, 0) is 9.84 Å². The summed E-state index contributed by atoms with van der Waals surface area (Å²) in [6.45, 7) is 3.48. The molecule has 0 radical (unpaired) electrons. The van der Waals surface area contributed by atoms with Crippen LogP contribution >= 0.6 is 0 Å². The lowest BCUT2D eigenvalue weighted by Crippen LogP contribution is -2.51. The van der Waals surface area contributed by atoms with Gasteiger partial charge in [0, 0.05) is 5.41 Å². The van der Waals surface area contributed by atoms with Gasteiger partial charge in [-0.2, -0.15) is 0 Å². The quantitative estimate of drug-likeness (QED) is 0.724. The van der Waals surface area contributed by atoms with Gasteiger partial charge in [0.25, 0.3) is 0 Å². The molecule has 84 valence electrons. The second-order valence-corrected chi connectivity index (χ2v) is 7.71. The van der Waals surface area contributed by atoms with Gasteiger partial charge in [0.15, 0.2) is 9.84 Å². The van der Waals surface area contributed by atoms with Crippen LogP contribution in [0.4, 0.5) is 0 Å². The standard InChI is InChI=1S/C12H18O2S/c1-2-15(13,14)12-10-4-8-3-9(6-10)7-11(12)5-8/h2,8-12H,1,3-7H2. The maximum atomic E-state index is 12.0. The predicted molar refractivity (Wildman–Crippen MR) is 59.9 cm³/mol. The number of hydrogen-bond donors (Lipinski definition) is 0. The molecule has 4 fully saturated rings. The molecule has 0 aromatic rings. The third kappa shape index (κ3) is 1.39. The molecule has 4 bridgehead atoms. The zero-order valence-electron chi connectivity index (χ0n) is 8.93. The van der Waals surface area contributed by atoms with Crippen molar-refractivity contribution in [1.82, 2.24) is 0 Å². The molecule has 0 spiro atoms. The molecule has 3 heteroatoms. The van der Waals surface area contributed by atoms with Crippen LogP contribution in [0.2, 0.25) is 0 Å².